The van der Waals surface area contributed by atoms with E-state index in [0.29, 0.717) is 12.2 Å². The molecule has 2 aromatic rings. The lowest BCUT2D eigenvalue weighted by Crippen LogP contribution is -1.90. The molecule has 1 aromatic heterocycles. The third-order valence-corrected chi connectivity index (χ3v) is 3.99. The van der Waals surface area contributed by atoms with Crippen LogP contribution in [0.5, 0.6) is 5.75 Å². The molecular formula is C16H16N2OS. The Hall–Kier alpha value is -2.12. The average Bonchev–Trinajstić information content (AvgIpc) is 2.78. The molecule has 1 heterocycles. The highest BCUT2D eigenvalue weighted by Gasteiger charge is 2.08. The topological polar surface area (TPSA) is 45.9 Å². The van der Waals surface area contributed by atoms with Gasteiger partial charge in [-0.2, -0.15) is 5.26 Å². The van der Waals surface area contributed by atoms with E-state index in [1.54, 1.807) is 11.3 Å². The van der Waals surface area contributed by atoms with Gasteiger partial charge in [0.15, 0.2) is 0 Å². The van der Waals surface area contributed by atoms with E-state index in [1.807, 2.05) is 51.1 Å². The SMILES string of the molecule is CCOc1ccc(/C=C(\C#N)c2nc(C)c(C)s2)cc1. The van der Waals surface area contributed by atoms with E-state index in [9.17, 15) is 5.26 Å². The number of ether oxygens (including phenoxy) is 1. The Morgan fingerprint density at radius 2 is 2.05 bits per heavy atom. The number of thiazole rings is 1. The monoisotopic (exact) mass is 284 g/mol. The van der Waals surface area contributed by atoms with Crippen LogP contribution in [-0.2, 0) is 0 Å². The van der Waals surface area contributed by atoms with Gasteiger partial charge in [-0.15, -0.1) is 11.3 Å². The van der Waals surface area contributed by atoms with Crippen molar-refractivity contribution in [2.24, 2.45) is 0 Å². The van der Waals surface area contributed by atoms with E-state index in [-0.39, 0.29) is 0 Å². The Labute approximate surface area is 123 Å². The van der Waals surface area contributed by atoms with Crippen molar-refractivity contribution in [3.8, 4) is 11.8 Å². The molecule has 3 nitrogen and oxygen atoms in total. The highest BCUT2D eigenvalue weighted by molar-refractivity contribution is 7.12. The summed E-state index contributed by atoms with van der Waals surface area (Å²) in [6.45, 7) is 6.58. The minimum atomic E-state index is 0.593. The van der Waals surface area contributed by atoms with Crippen LogP contribution in [0.15, 0.2) is 24.3 Å². The normalized spacial score (nSPS) is 11.2. The molecule has 0 fully saturated rings. The molecular weight excluding hydrogens is 268 g/mol. The van der Waals surface area contributed by atoms with Crippen LogP contribution in [0.2, 0.25) is 0 Å². The molecule has 102 valence electrons. The van der Waals surface area contributed by atoms with Crippen LogP contribution < -0.4 is 4.74 Å². The molecule has 1 aromatic carbocycles. The molecule has 0 aliphatic rings. The number of allylic oxidation sites excluding steroid dienone is 1. The Balaban J connectivity index is 2.29. The number of rotatable bonds is 4. The van der Waals surface area contributed by atoms with E-state index in [1.165, 1.54) is 0 Å². The predicted octanol–water partition coefficient (Wildman–Crippen LogP) is 4.22. The van der Waals surface area contributed by atoms with Gasteiger partial charge in [0.1, 0.15) is 16.8 Å². The van der Waals surface area contributed by atoms with Crippen LogP contribution in [0.3, 0.4) is 0 Å². The van der Waals surface area contributed by atoms with Crippen molar-refractivity contribution >= 4 is 23.0 Å². The zero-order chi connectivity index (χ0) is 14.5. The van der Waals surface area contributed by atoms with Crippen LogP contribution in [0.4, 0.5) is 0 Å². The summed E-state index contributed by atoms with van der Waals surface area (Å²) in [6.07, 6.45) is 1.85. The van der Waals surface area contributed by atoms with Crippen molar-refractivity contribution in [3.05, 3.63) is 45.4 Å². The zero-order valence-corrected chi connectivity index (χ0v) is 12.6. The molecule has 0 saturated carbocycles. The van der Waals surface area contributed by atoms with Crippen molar-refractivity contribution in [1.82, 2.24) is 4.98 Å². The summed E-state index contributed by atoms with van der Waals surface area (Å²) in [5.74, 6) is 0.837. The fourth-order valence-electron chi connectivity index (χ4n) is 1.72. The Morgan fingerprint density at radius 1 is 1.35 bits per heavy atom. The Kier molecular flexibility index (Phi) is 4.54. The summed E-state index contributed by atoms with van der Waals surface area (Å²) < 4.78 is 5.40. The van der Waals surface area contributed by atoms with Gasteiger partial charge in [0.25, 0.3) is 0 Å². The molecule has 2 rings (SSSR count). The lowest BCUT2D eigenvalue weighted by molar-refractivity contribution is 0.340. The van der Waals surface area contributed by atoms with Crippen molar-refractivity contribution < 1.29 is 4.74 Å². The maximum Gasteiger partial charge on any atom is 0.134 e. The maximum absolute atomic E-state index is 9.30. The number of nitriles is 1. The van der Waals surface area contributed by atoms with Gasteiger partial charge in [-0.1, -0.05) is 12.1 Å². The van der Waals surface area contributed by atoms with Crippen LogP contribution in [0, 0.1) is 25.2 Å². The summed E-state index contributed by atoms with van der Waals surface area (Å²) in [4.78, 5) is 5.57. The highest BCUT2D eigenvalue weighted by atomic mass is 32.1. The first-order chi connectivity index (χ1) is 9.63. The predicted molar refractivity (Wildman–Crippen MR) is 82.7 cm³/mol. The fraction of sp³-hybridized carbons (Fsp3) is 0.250. The first-order valence-corrected chi connectivity index (χ1v) is 7.24. The molecule has 0 N–H and O–H groups in total. The molecule has 4 heteroatoms. The second-order valence-corrected chi connectivity index (χ2v) is 5.54. The van der Waals surface area contributed by atoms with E-state index < -0.39 is 0 Å². The van der Waals surface area contributed by atoms with Crippen LogP contribution in [-0.4, -0.2) is 11.6 Å². The number of aromatic nitrogens is 1. The fourth-order valence-corrected chi connectivity index (χ4v) is 2.60. The van der Waals surface area contributed by atoms with E-state index >= 15 is 0 Å². The van der Waals surface area contributed by atoms with Crippen molar-refractivity contribution in [2.75, 3.05) is 6.61 Å². The summed E-state index contributed by atoms with van der Waals surface area (Å²) in [5.41, 5.74) is 2.55. The second kappa shape index (κ2) is 6.36. The number of nitrogens with zero attached hydrogens (tertiary/aromatic N) is 2. The number of aryl methyl sites for hydroxylation is 2. The first kappa shape index (κ1) is 14.3. The van der Waals surface area contributed by atoms with Gasteiger partial charge in [0, 0.05) is 4.88 Å². The molecule has 0 bridgehead atoms. The Bertz CT molecular complexity index is 643. The quantitative estimate of drug-likeness (QED) is 0.789. The van der Waals surface area contributed by atoms with Crippen molar-refractivity contribution in [1.29, 1.82) is 5.26 Å². The molecule has 0 atom stereocenters. The smallest absolute Gasteiger partial charge is 0.134 e. The minimum absolute atomic E-state index is 0.593. The average molecular weight is 284 g/mol. The summed E-state index contributed by atoms with van der Waals surface area (Å²) >= 11 is 1.55. The largest absolute Gasteiger partial charge is 0.494 e. The van der Waals surface area contributed by atoms with Gasteiger partial charge >= 0.3 is 0 Å². The third-order valence-electron chi connectivity index (χ3n) is 2.88. The van der Waals surface area contributed by atoms with Gasteiger partial charge in [0.2, 0.25) is 0 Å². The maximum atomic E-state index is 9.30. The Morgan fingerprint density at radius 3 is 2.55 bits per heavy atom. The van der Waals surface area contributed by atoms with E-state index in [4.69, 9.17) is 4.74 Å². The molecule has 0 saturated heterocycles. The lowest BCUT2D eigenvalue weighted by Gasteiger charge is -2.02. The summed E-state index contributed by atoms with van der Waals surface area (Å²) in [5, 5.41) is 10.1. The van der Waals surface area contributed by atoms with Gasteiger partial charge in [-0.3, -0.25) is 0 Å². The van der Waals surface area contributed by atoms with Crippen LogP contribution in [0.25, 0.3) is 11.6 Å². The molecule has 0 aliphatic carbocycles. The molecule has 0 spiro atoms. The molecule has 0 radical (unpaired) electrons. The van der Waals surface area contributed by atoms with Gasteiger partial charge in [-0.25, -0.2) is 4.98 Å². The number of hydrogen-bond donors (Lipinski definition) is 0. The minimum Gasteiger partial charge on any atom is -0.494 e. The summed E-state index contributed by atoms with van der Waals surface area (Å²) in [6, 6.07) is 9.92. The van der Waals surface area contributed by atoms with E-state index in [2.05, 4.69) is 11.1 Å². The second-order valence-electron chi connectivity index (χ2n) is 4.33. The molecule has 0 aliphatic heterocycles. The van der Waals surface area contributed by atoms with Crippen molar-refractivity contribution in [2.45, 2.75) is 20.8 Å². The summed E-state index contributed by atoms with van der Waals surface area (Å²) in [7, 11) is 0. The first-order valence-electron chi connectivity index (χ1n) is 6.43. The highest BCUT2D eigenvalue weighted by Crippen LogP contribution is 2.25. The van der Waals surface area contributed by atoms with Gasteiger partial charge in [-0.05, 0) is 44.5 Å². The number of benzene rings is 1. The molecule has 20 heavy (non-hydrogen) atoms. The van der Waals surface area contributed by atoms with Crippen molar-refractivity contribution in [3.63, 3.8) is 0 Å². The molecule has 0 amide bonds. The lowest BCUT2D eigenvalue weighted by atomic mass is 10.1. The van der Waals surface area contributed by atoms with Crippen LogP contribution >= 0.6 is 11.3 Å². The van der Waals surface area contributed by atoms with E-state index in [0.717, 1.165) is 26.9 Å². The zero-order valence-electron chi connectivity index (χ0n) is 11.8. The third kappa shape index (κ3) is 3.25. The van der Waals surface area contributed by atoms with Gasteiger partial charge in [0.05, 0.1) is 17.9 Å². The van der Waals surface area contributed by atoms with Crippen LogP contribution in [0.1, 0.15) is 28.1 Å². The standard InChI is InChI=1S/C16H16N2OS/c1-4-19-15-7-5-13(6-8-15)9-14(10-17)16-18-11(2)12(3)20-16/h5-9H,4H2,1-3H3/b14-9+. The molecule has 0 unspecified atom stereocenters. The van der Waals surface area contributed by atoms with Gasteiger partial charge < -0.3 is 4.74 Å². The number of hydrogen-bond acceptors (Lipinski definition) is 4.